The fraction of sp³-hybridized carbons (Fsp3) is 0.200. The van der Waals surface area contributed by atoms with Crippen molar-refractivity contribution in [2.24, 2.45) is 5.73 Å². The first-order chi connectivity index (χ1) is 9.10. The molecule has 1 atom stereocenters. The molecular weight excluding hydrogens is 278 g/mol. The molecule has 0 aromatic heterocycles. The molecule has 0 unspecified atom stereocenters. The van der Waals surface area contributed by atoms with Crippen molar-refractivity contribution in [2.75, 3.05) is 7.11 Å². The zero-order chi connectivity index (χ0) is 13.8. The molecule has 0 fully saturated rings. The molecule has 0 saturated heterocycles. The monoisotopic (exact) mass is 293 g/mol. The summed E-state index contributed by atoms with van der Waals surface area (Å²) < 4.78 is 5.14. The second-order valence-corrected chi connectivity index (χ2v) is 5.78. The van der Waals surface area contributed by atoms with Crippen LogP contribution in [0.15, 0.2) is 52.3 Å². The predicted octanol–water partition coefficient (Wildman–Crippen LogP) is 4.52. The van der Waals surface area contributed by atoms with Gasteiger partial charge in [0.2, 0.25) is 0 Å². The van der Waals surface area contributed by atoms with Gasteiger partial charge in [-0.25, -0.2) is 0 Å². The number of rotatable bonds is 4. The lowest BCUT2D eigenvalue weighted by Crippen LogP contribution is -2.04. The number of hydrogen-bond acceptors (Lipinski definition) is 3. The molecule has 0 aliphatic carbocycles. The topological polar surface area (TPSA) is 35.2 Å². The molecule has 0 saturated carbocycles. The Hall–Kier alpha value is -1.16. The SMILES string of the molecule is COc1ccc(Sc2ccc([C@@H](C)N)cc2Cl)cc1. The molecule has 2 N–H and O–H groups in total. The summed E-state index contributed by atoms with van der Waals surface area (Å²) in [6, 6.07) is 13.9. The van der Waals surface area contributed by atoms with Crippen LogP contribution in [0.1, 0.15) is 18.5 Å². The minimum atomic E-state index is -0.00228. The largest absolute Gasteiger partial charge is 0.497 e. The van der Waals surface area contributed by atoms with Gasteiger partial charge in [-0.2, -0.15) is 0 Å². The first kappa shape index (κ1) is 14.3. The molecule has 0 spiro atoms. The highest BCUT2D eigenvalue weighted by Crippen LogP contribution is 2.35. The molecule has 0 radical (unpaired) electrons. The van der Waals surface area contributed by atoms with Crippen molar-refractivity contribution in [3.05, 3.63) is 53.1 Å². The van der Waals surface area contributed by atoms with E-state index >= 15 is 0 Å². The fourth-order valence-corrected chi connectivity index (χ4v) is 2.78. The lowest BCUT2D eigenvalue weighted by molar-refractivity contribution is 0.414. The number of ether oxygens (including phenoxy) is 1. The molecular formula is C15H16ClNOS. The van der Waals surface area contributed by atoms with Gasteiger partial charge < -0.3 is 10.5 Å². The Kier molecular flexibility index (Phi) is 4.75. The van der Waals surface area contributed by atoms with Crippen molar-refractivity contribution in [2.45, 2.75) is 22.8 Å². The lowest BCUT2D eigenvalue weighted by atomic mass is 10.1. The van der Waals surface area contributed by atoms with E-state index in [1.54, 1.807) is 18.9 Å². The highest BCUT2D eigenvalue weighted by molar-refractivity contribution is 7.99. The third-order valence-corrected chi connectivity index (χ3v) is 4.28. The summed E-state index contributed by atoms with van der Waals surface area (Å²) in [5, 5.41) is 0.732. The Balaban J connectivity index is 2.18. The molecule has 0 heterocycles. The molecule has 2 nitrogen and oxygen atoms in total. The third-order valence-electron chi connectivity index (χ3n) is 2.77. The normalized spacial score (nSPS) is 12.2. The number of halogens is 1. The van der Waals surface area contributed by atoms with Crippen LogP contribution >= 0.6 is 23.4 Å². The molecule has 0 aliphatic heterocycles. The van der Waals surface area contributed by atoms with Crippen LogP contribution in [0.4, 0.5) is 0 Å². The molecule has 0 bridgehead atoms. The van der Waals surface area contributed by atoms with Crippen LogP contribution < -0.4 is 10.5 Å². The van der Waals surface area contributed by atoms with Crippen LogP contribution in [0.5, 0.6) is 5.75 Å². The Morgan fingerprint density at radius 1 is 1.16 bits per heavy atom. The second-order valence-electron chi connectivity index (χ2n) is 4.26. The van der Waals surface area contributed by atoms with Crippen LogP contribution in [0.2, 0.25) is 5.02 Å². The summed E-state index contributed by atoms with van der Waals surface area (Å²) in [4.78, 5) is 2.15. The Labute approximate surface area is 122 Å². The van der Waals surface area contributed by atoms with Crippen LogP contribution in [0, 0.1) is 0 Å². The molecule has 100 valence electrons. The van der Waals surface area contributed by atoms with Crippen molar-refractivity contribution in [1.29, 1.82) is 0 Å². The molecule has 0 aliphatic rings. The highest BCUT2D eigenvalue weighted by Gasteiger charge is 2.06. The van der Waals surface area contributed by atoms with Crippen LogP contribution in [0.3, 0.4) is 0 Å². The molecule has 4 heteroatoms. The van der Waals surface area contributed by atoms with Crippen LogP contribution in [0.25, 0.3) is 0 Å². The molecule has 19 heavy (non-hydrogen) atoms. The molecule has 2 rings (SSSR count). The van der Waals surface area contributed by atoms with Crippen molar-refractivity contribution < 1.29 is 4.74 Å². The van der Waals surface area contributed by atoms with Gasteiger partial charge in [-0.1, -0.05) is 29.4 Å². The van der Waals surface area contributed by atoms with E-state index in [0.29, 0.717) is 0 Å². The molecule has 2 aromatic rings. The van der Waals surface area contributed by atoms with Crippen molar-refractivity contribution in [3.8, 4) is 5.75 Å². The van der Waals surface area contributed by atoms with E-state index in [1.165, 1.54) is 0 Å². The van der Waals surface area contributed by atoms with E-state index in [1.807, 2.05) is 49.4 Å². The summed E-state index contributed by atoms with van der Waals surface area (Å²) in [7, 11) is 1.66. The van der Waals surface area contributed by atoms with Crippen LogP contribution in [-0.2, 0) is 0 Å². The van der Waals surface area contributed by atoms with E-state index in [-0.39, 0.29) is 6.04 Å². The standard InChI is InChI=1S/C15H16ClNOS/c1-10(17)11-3-8-15(14(16)9-11)19-13-6-4-12(18-2)5-7-13/h3-10H,17H2,1-2H3/t10-/m1/s1. The van der Waals surface area contributed by atoms with Gasteiger partial charge in [-0.15, -0.1) is 0 Å². The Morgan fingerprint density at radius 2 is 1.84 bits per heavy atom. The van der Waals surface area contributed by atoms with Gasteiger partial charge in [-0.3, -0.25) is 0 Å². The Morgan fingerprint density at radius 3 is 2.37 bits per heavy atom. The molecule has 2 aromatic carbocycles. The summed E-state index contributed by atoms with van der Waals surface area (Å²) in [6.45, 7) is 1.95. The maximum absolute atomic E-state index is 6.28. The Bertz CT molecular complexity index is 555. The number of nitrogens with two attached hydrogens (primary N) is 1. The number of hydrogen-bond donors (Lipinski definition) is 1. The van der Waals surface area contributed by atoms with Crippen molar-refractivity contribution in [1.82, 2.24) is 0 Å². The van der Waals surface area contributed by atoms with E-state index < -0.39 is 0 Å². The van der Waals surface area contributed by atoms with Gasteiger partial charge in [0.15, 0.2) is 0 Å². The zero-order valence-corrected chi connectivity index (χ0v) is 12.5. The highest BCUT2D eigenvalue weighted by atomic mass is 35.5. The first-order valence-corrected chi connectivity index (χ1v) is 7.16. The second kappa shape index (κ2) is 6.33. The number of benzene rings is 2. The maximum Gasteiger partial charge on any atom is 0.118 e. The molecule has 0 amide bonds. The van der Waals surface area contributed by atoms with Crippen LogP contribution in [-0.4, -0.2) is 7.11 Å². The van der Waals surface area contributed by atoms with E-state index in [4.69, 9.17) is 22.1 Å². The van der Waals surface area contributed by atoms with Gasteiger partial charge in [0.25, 0.3) is 0 Å². The lowest BCUT2D eigenvalue weighted by Gasteiger charge is -2.09. The fourth-order valence-electron chi connectivity index (χ4n) is 1.65. The van der Waals surface area contributed by atoms with Crippen molar-refractivity contribution >= 4 is 23.4 Å². The zero-order valence-electron chi connectivity index (χ0n) is 10.9. The quantitative estimate of drug-likeness (QED) is 0.900. The smallest absolute Gasteiger partial charge is 0.118 e. The first-order valence-electron chi connectivity index (χ1n) is 5.97. The maximum atomic E-state index is 6.28. The third kappa shape index (κ3) is 3.66. The van der Waals surface area contributed by atoms with Gasteiger partial charge in [-0.05, 0) is 48.9 Å². The van der Waals surface area contributed by atoms with Crippen molar-refractivity contribution in [3.63, 3.8) is 0 Å². The van der Waals surface area contributed by atoms with E-state index in [2.05, 4.69) is 0 Å². The van der Waals surface area contributed by atoms with Gasteiger partial charge in [0.05, 0.1) is 12.1 Å². The minimum Gasteiger partial charge on any atom is -0.497 e. The predicted molar refractivity (Wildman–Crippen MR) is 81.2 cm³/mol. The average Bonchev–Trinajstić information content (AvgIpc) is 2.41. The van der Waals surface area contributed by atoms with E-state index in [0.717, 1.165) is 26.1 Å². The summed E-state index contributed by atoms with van der Waals surface area (Å²) >= 11 is 7.91. The van der Waals surface area contributed by atoms with E-state index in [9.17, 15) is 0 Å². The van der Waals surface area contributed by atoms with Gasteiger partial charge >= 0.3 is 0 Å². The van der Waals surface area contributed by atoms with Gasteiger partial charge in [0, 0.05) is 15.8 Å². The summed E-state index contributed by atoms with van der Waals surface area (Å²) in [5.41, 5.74) is 6.88. The summed E-state index contributed by atoms with van der Waals surface area (Å²) in [5.74, 6) is 0.850. The average molecular weight is 294 g/mol. The van der Waals surface area contributed by atoms with Gasteiger partial charge in [0.1, 0.15) is 5.75 Å². The number of methoxy groups -OCH3 is 1. The summed E-state index contributed by atoms with van der Waals surface area (Å²) in [6.07, 6.45) is 0. The minimum absolute atomic E-state index is 0.00228.